The highest BCUT2D eigenvalue weighted by Crippen LogP contribution is 2.29. The molecule has 0 fully saturated rings. The molecule has 4 N–H and O–H groups in total. The lowest BCUT2D eigenvalue weighted by atomic mass is 9.89. The van der Waals surface area contributed by atoms with Crippen LogP contribution in [-0.2, 0) is 0 Å². The van der Waals surface area contributed by atoms with Gasteiger partial charge in [0.15, 0.2) is 11.5 Å². The zero-order valence-electron chi connectivity index (χ0n) is 12.0. The van der Waals surface area contributed by atoms with Gasteiger partial charge < -0.3 is 16.0 Å². The van der Waals surface area contributed by atoms with Crippen LogP contribution >= 0.6 is 0 Å². The Morgan fingerprint density at radius 3 is 2.62 bits per heavy atom. The molecule has 0 aliphatic rings. The van der Waals surface area contributed by atoms with Gasteiger partial charge in [-0.1, -0.05) is 30.3 Å². The predicted molar refractivity (Wildman–Crippen MR) is 82.8 cm³/mol. The number of hydrogen-bond donors (Lipinski definition) is 3. The van der Waals surface area contributed by atoms with Crippen LogP contribution in [0.3, 0.4) is 0 Å². The second-order valence-electron chi connectivity index (χ2n) is 5.63. The Morgan fingerprint density at radius 2 is 1.90 bits per heavy atom. The van der Waals surface area contributed by atoms with E-state index < -0.39 is 5.54 Å². The van der Waals surface area contributed by atoms with Crippen LogP contribution in [0.2, 0.25) is 0 Å². The van der Waals surface area contributed by atoms with Crippen LogP contribution < -0.4 is 11.1 Å². The average molecular weight is 282 g/mol. The SMILES string of the molecule is CC(C)(N)C(Nc1ncnc2nc[nH]c12)c1ccccc1. The lowest BCUT2D eigenvalue weighted by Gasteiger charge is -2.32. The highest BCUT2D eigenvalue weighted by molar-refractivity contribution is 5.82. The number of nitrogens with zero attached hydrogens (tertiary/aromatic N) is 3. The molecule has 1 atom stereocenters. The van der Waals surface area contributed by atoms with Crippen LogP contribution in [0.1, 0.15) is 25.5 Å². The van der Waals surface area contributed by atoms with Crippen molar-refractivity contribution in [3.63, 3.8) is 0 Å². The maximum atomic E-state index is 6.35. The largest absolute Gasteiger partial charge is 0.360 e. The smallest absolute Gasteiger partial charge is 0.182 e. The fourth-order valence-electron chi connectivity index (χ4n) is 2.36. The molecular weight excluding hydrogens is 264 g/mol. The normalized spacial score (nSPS) is 13.3. The third kappa shape index (κ3) is 2.71. The van der Waals surface area contributed by atoms with Crippen molar-refractivity contribution < 1.29 is 0 Å². The summed E-state index contributed by atoms with van der Waals surface area (Å²) in [6.45, 7) is 3.98. The van der Waals surface area contributed by atoms with Gasteiger partial charge in [-0.25, -0.2) is 15.0 Å². The molecule has 108 valence electrons. The summed E-state index contributed by atoms with van der Waals surface area (Å²) in [5.41, 5.74) is 8.41. The molecular formula is C15H18N6. The molecule has 0 bridgehead atoms. The maximum absolute atomic E-state index is 6.35. The van der Waals surface area contributed by atoms with Crippen molar-refractivity contribution in [1.29, 1.82) is 0 Å². The van der Waals surface area contributed by atoms with E-state index in [1.165, 1.54) is 6.33 Å². The van der Waals surface area contributed by atoms with E-state index in [1.807, 2.05) is 32.0 Å². The third-order valence-corrected chi connectivity index (χ3v) is 3.38. The molecule has 1 aromatic carbocycles. The van der Waals surface area contributed by atoms with Gasteiger partial charge in [0.25, 0.3) is 0 Å². The van der Waals surface area contributed by atoms with E-state index in [0.29, 0.717) is 11.5 Å². The number of nitrogens with one attached hydrogen (secondary N) is 2. The van der Waals surface area contributed by atoms with Crippen molar-refractivity contribution in [1.82, 2.24) is 19.9 Å². The Balaban J connectivity index is 2.01. The Morgan fingerprint density at radius 1 is 1.14 bits per heavy atom. The molecule has 21 heavy (non-hydrogen) atoms. The third-order valence-electron chi connectivity index (χ3n) is 3.38. The topological polar surface area (TPSA) is 92.5 Å². The molecule has 6 nitrogen and oxygen atoms in total. The van der Waals surface area contributed by atoms with E-state index in [2.05, 4.69) is 37.4 Å². The van der Waals surface area contributed by atoms with E-state index in [-0.39, 0.29) is 6.04 Å². The second kappa shape index (κ2) is 5.14. The number of rotatable bonds is 4. The number of aromatic amines is 1. The molecule has 2 aromatic heterocycles. The molecule has 0 saturated heterocycles. The lowest BCUT2D eigenvalue weighted by molar-refractivity contribution is 0.443. The fraction of sp³-hybridized carbons (Fsp3) is 0.267. The van der Waals surface area contributed by atoms with E-state index >= 15 is 0 Å². The zero-order chi connectivity index (χ0) is 14.9. The first-order valence-corrected chi connectivity index (χ1v) is 6.80. The van der Waals surface area contributed by atoms with Crippen LogP contribution in [0.4, 0.5) is 5.82 Å². The minimum atomic E-state index is -0.460. The van der Waals surface area contributed by atoms with E-state index in [9.17, 15) is 0 Å². The Bertz CT molecular complexity index is 729. The zero-order valence-corrected chi connectivity index (χ0v) is 12.0. The standard InChI is InChI=1S/C15H18N6/c1-15(2,16)12(10-6-4-3-5-7-10)21-14-11-13(18-8-17-11)19-9-20-14/h3-9,12H,16H2,1-2H3,(H2,17,18,19,20,21). The monoisotopic (exact) mass is 282 g/mol. The number of H-pyrrole nitrogens is 1. The van der Waals surface area contributed by atoms with Gasteiger partial charge in [-0.3, -0.25) is 0 Å². The molecule has 2 heterocycles. The van der Waals surface area contributed by atoms with Gasteiger partial charge in [-0.2, -0.15) is 0 Å². The van der Waals surface area contributed by atoms with Gasteiger partial charge in [0.2, 0.25) is 0 Å². The first-order chi connectivity index (χ1) is 10.1. The highest BCUT2D eigenvalue weighted by Gasteiger charge is 2.27. The van der Waals surface area contributed by atoms with Crippen LogP contribution in [-0.4, -0.2) is 25.5 Å². The molecule has 0 aliphatic heterocycles. The maximum Gasteiger partial charge on any atom is 0.182 e. The first kappa shape index (κ1) is 13.5. The minimum absolute atomic E-state index is 0.0832. The number of fused-ring (bicyclic) bond motifs is 1. The number of imidazole rings is 1. The first-order valence-electron chi connectivity index (χ1n) is 6.80. The number of nitrogens with two attached hydrogens (primary N) is 1. The summed E-state index contributed by atoms with van der Waals surface area (Å²) < 4.78 is 0. The fourth-order valence-corrected chi connectivity index (χ4v) is 2.36. The summed E-state index contributed by atoms with van der Waals surface area (Å²) in [5.74, 6) is 0.699. The van der Waals surface area contributed by atoms with Crippen LogP contribution in [0.15, 0.2) is 43.0 Å². The van der Waals surface area contributed by atoms with E-state index in [1.54, 1.807) is 6.33 Å². The van der Waals surface area contributed by atoms with Crippen molar-refractivity contribution in [2.24, 2.45) is 5.73 Å². The van der Waals surface area contributed by atoms with Crippen LogP contribution in [0, 0.1) is 0 Å². The van der Waals surface area contributed by atoms with Crippen LogP contribution in [0.25, 0.3) is 11.2 Å². The van der Waals surface area contributed by atoms with Gasteiger partial charge in [0, 0.05) is 5.54 Å². The van der Waals surface area contributed by atoms with Gasteiger partial charge in [0.1, 0.15) is 11.8 Å². The van der Waals surface area contributed by atoms with Gasteiger partial charge in [-0.05, 0) is 19.4 Å². The Labute approximate surface area is 122 Å². The average Bonchev–Trinajstić information content (AvgIpc) is 2.93. The number of hydrogen-bond acceptors (Lipinski definition) is 5. The highest BCUT2D eigenvalue weighted by atomic mass is 15.1. The summed E-state index contributed by atoms with van der Waals surface area (Å²) in [6, 6.07) is 10.0. The van der Waals surface area contributed by atoms with Crippen molar-refractivity contribution in [2.75, 3.05) is 5.32 Å². The van der Waals surface area contributed by atoms with E-state index in [0.717, 1.165) is 11.1 Å². The molecule has 3 aromatic rings. The quantitative estimate of drug-likeness (QED) is 0.682. The van der Waals surface area contributed by atoms with Gasteiger partial charge >= 0.3 is 0 Å². The molecule has 6 heteroatoms. The van der Waals surface area contributed by atoms with Crippen molar-refractivity contribution in [3.05, 3.63) is 48.5 Å². The van der Waals surface area contributed by atoms with Gasteiger partial charge in [0.05, 0.1) is 12.4 Å². The molecule has 0 saturated carbocycles. The van der Waals surface area contributed by atoms with Crippen molar-refractivity contribution in [3.8, 4) is 0 Å². The van der Waals surface area contributed by atoms with Crippen molar-refractivity contribution >= 4 is 17.0 Å². The predicted octanol–water partition coefficient (Wildman–Crippen LogP) is 2.24. The minimum Gasteiger partial charge on any atom is -0.360 e. The molecule has 3 rings (SSSR count). The summed E-state index contributed by atoms with van der Waals surface area (Å²) >= 11 is 0. The van der Waals surface area contributed by atoms with E-state index in [4.69, 9.17) is 5.73 Å². The molecule has 1 unspecified atom stereocenters. The summed E-state index contributed by atoms with van der Waals surface area (Å²) in [5, 5.41) is 3.42. The van der Waals surface area contributed by atoms with Crippen molar-refractivity contribution in [2.45, 2.75) is 25.4 Å². The summed E-state index contributed by atoms with van der Waals surface area (Å²) in [4.78, 5) is 15.6. The molecule has 0 radical (unpaired) electrons. The molecule has 0 aliphatic carbocycles. The number of anilines is 1. The molecule has 0 spiro atoms. The van der Waals surface area contributed by atoms with Gasteiger partial charge in [-0.15, -0.1) is 0 Å². The number of benzene rings is 1. The van der Waals surface area contributed by atoms with Crippen LogP contribution in [0.5, 0.6) is 0 Å². The lowest BCUT2D eigenvalue weighted by Crippen LogP contribution is -2.43. The molecule has 0 amide bonds. The second-order valence-corrected chi connectivity index (χ2v) is 5.63. The Kier molecular flexibility index (Phi) is 3.31. The number of aromatic nitrogens is 4. The Hall–Kier alpha value is -2.47. The summed E-state index contributed by atoms with van der Waals surface area (Å²) in [7, 11) is 0. The summed E-state index contributed by atoms with van der Waals surface area (Å²) in [6.07, 6.45) is 3.10.